The van der Waals surface area contributed by atoms with Crippen molar-refractivity contribution in [2.75, 3.05) is 18.9 Å². The minimum Gasteiger partial charge on any atom is -0.394 e. The highest BCUT2D eigenvalue weighted by atomic mass is 32.2. The highest BCUT2D eigenvalue weighted by Gasteiger charge is 2.34. The predicted molar refractivity (Wildman–Crippen MR) is 69.8 cm³/mol. The van der Waals surface area contributed by atoms with Crippen LogP contribution >= 0.6 is 0 Å². The Morgan fingerprint density at radius 2 is 1.76 bits per heavy atom. The van der Waals surface area contributed by atoms with E-state index in [0.717, 1.165) is 25.7 Å². The smallest absolute Gasteiger partial charge is 0.156 e. The van der Waals surface area contributed by atoms with Gasteiger partial charge in [-0.05, 0) is 33.6 Å². The largest absolute Gasteiger partial charge is 0.394 e. The molecule has 0 spiro atoms. The summed E-state index contributed by atoms with van der Waals surface area (Å²) in [6, 6.07) is 0. The fraction of sp³-hybridized carbons (Fsp3) is 1.00. The predicted octanol–water partition coefficient (Wildman–Crippen LogP) is 1.09. The van der Waals surface area contributed by atoms with Crippen molar-refractivity contribution in [2.24, 2.45) is 0 Å². The summed E-state index contributed by atoms with van der Waals surface area (Å²) < 4.78 is 23.1. The summed E-state index contributed by atoms with van der Waals surface area (Å²) in [6.07, 6.45) is 4.11. The minimum atomic E-state index is -3.07. The van der Waals surface area contributed by atoms with Crippen molar-refractivity contribution in [1.82, 2.24) is 5.32 Å². The maximum atomic E-state index is 11.9. The van der Waals surface area contributed by atoms with Gasteiger partial charge in [-0.25, -0.2) is 8.42 Å². The molecule has 2 N–H and O–H groups in total. The topological polar surface area (TPSA) is 66.4 Å². The lowest BCUT2D eigenvalue weighted by Crippen LogP contribution is -2.48. The van der Waals surface area contributed by atoms with E-state index in [4.69, 9.17) is 0 Å². The van der Waals surface area contributed by atoms with Crippen LogP contribution in [0.2, 0.25) is 0 Å². The van der Waals surface area contributed by atoms with Crippen molar-refractivity contribution in [3.05, 3.63) is 0 Å². The average Bonchev–Trinajstić information content (AvgIpc) is 2.65. The molecule has 1 saturated carbocycles. The van der Waals surface area contributed by atoms with E-state index >= 15 is 0 Å². The second-order valence-electron chi connectivity index (χ2n) is 6.00. The van der Waals surface area contributed by atoms with Crippen LogP contribution < -0.4 is 5.32 Å². The summed E-state index contributed by atoms with van der Waals surface area (Å²) >= 11 is 0. The summed E-state index contributed by atoms with van der Waals surface area (Å²) in [5.41, 5.74) is -0.229. The van der Waals surface area contributed by atoms with Crippen LogP contribution in [0.25, 0.3) is 0 Å². The first-order valence-electron chi connectivity index (χ1n) is 6.31. The molecule has 0 atom stereocenters. The zero-order valence-electron chi connectivity index (χ0n) is 11.1. The zero-order valence-corrected chi connectivity index (χ0v) is 11.9. The van der Waals surface area contributed by atoms with Gasteiger partial charge in [0.2, 0.25) is 0 Å². The number of aliphatic hydroxyl groups is 1. The zero-order chi connectivity index (χ0) is 13.2. The third kappa shape index (κ3) is 3.66. The Morgan fingerprint density at radius 1 is 1.24 bits per heavy atom. The van der Waals surface area contributed by atoms with E-state index in [9.17, 15) is 13.5 Å². The molecule has 1 aliphatic carbocycles. The number of sulfone groups is 1. The van der Waals surface area contributed by atoms with E-state index in [1.165, 1.54) is 0 Å². The van der Waals surface area contributed by atoms with Crippen LogP contribution in [0.15, 0.2) is 0 Å². The average molecular weight is 263 g/mol. The molecular formula is C12H25NO3S. The molecule has 0 aliphatic heterocycles. The van der Waals surface area contributed by atoms with E-state index in [1.54, 1.807) is 20.8 Å². The lowest BCUT2D eigenvalue weighted by Gasteiger charge is -2.29. The molecule has 0 heterocycles. The standard InChI is InChI=1S/C12H25NO3S/c1-11(2,3)17(15,16)9-8-13-12(10-14)6-4-5-7-12/h13-14H,4-10H2,1-3H3. The van der Waals surface area contributed by atoms with Crippen molar-refractivity contribution in [3.63, 3.8) is 0 Å². The molecular weight excluding hydrogens is 238 g/mol. The molecule has 0 bridgehead atoms. The molecule has 5 heteroatoms. The molecule has 0 aromatic carbocycles. The summed E-state index contributed by atoms with van der Waals surface area (Å²) in [4.78, 5) is 0. The lowest BCUT2D eigenvalue weighted by atomic mass is 9.99. The first-order valence-corrected chi connectivity index (χ1v) is 7.96. The normalized spacial score (nSPS) is 20.7. The third-order valence-electron chi connectivity index (χ3n) is 3.67. The molecule has 102 valence electrons. The molecule has 0 amide bonds. The molecule has 0 unspecified atom stereocenters. The maximum Gasteiger partial charge on any atom is 0.156 e. The van der Waals surface area contributed by atoms with Crippen LogP contribution in [0.4, 0.5) is 0 Å². The fourth-order valence-corrected chi connectivity index (χ4v) is 3.18. The fourth-order valence-electron chi connectivity index (χ4n) is 2.20. The van der Waals surface area contributed by atoms with Crippen molar-refractivity contribution in [3.8, 4) is 0 Å². The highest BCUT2D eigenvalue weighted by molar-refractivity contribution is 7.92. The van der Waals surface area contributed by atoms with Gasteiger partial charge in [-0.2, -0.15) is 0 Å². The van der Waals surface area contributed by atoms with Gasteiger partial charge in [-0.15, -0.1) is 0 Å². The Bertz CT molecular complexity index is 337. The quantitative estimate of drug-likeness (QED) is 0.779. The number of nitrogens with one attached hydrogen (secondary N) is 1. The van der Waals surface area contributed by atoms with Crippen LogP contribution in [0.3, 0.4) is 0 Å². The number of hydrogen-bond acceptors (Lipinski definition) is 4. The van der Waals surface area contributed by atoms with Crippen LogP contribution in [0.5, 0.6) is 0 Å². The van der Waals surface area contributed by atoms with Crippen LogP contribution in [0, 0.1) is 0 Å². The first kappa shape index (κ1) is 14.9. The molecule has 1 fully saturated rings. The van der Waals surface area contributed by atoms with Crippen molar-refractivity contribution >= 4 is 9.84 Å². The molecule has 0 saturated heterocycles. The highest BCUT2D eigenvalue weighted by Crippen LogP contribution is 2.29. The molecule has 0 aromatic heterocycles. The Balaban J connectivity index is 2.48. The second kappa shape index (κ2) is 5.24. The summed E-state index contributed by atoms with van der Waals surface area (Å²) in [7, 11) is -3.07. The summed E-state index contributed by atoms with van der Waals surface area (Å²) in [5.74, 6) is 0.137. The van der Waals surface area contributed by atoms with Gasteiger partial charge in [0.1, 0.15) is 0 Å². The van der Waals surface area contributed by atoms with Gasteiger partial charge in [-0.1, -0.05) is 12.8 Å². The Labute approximate surface area is 105 Å². The third-order valence-corrected chi connectivity index (χ3v) is 6.27. The monoisotopic (exact) mass is 263 g/mol. The van der Waals surface area contributed by atoms with E-state index in [-0.39, 0.29) is 17.9 Å². The van der Waals surface area contributed by atoms with E-state index in [0.29, 0.717) is 6.54 Å². The Hall–Kier alpha value is -0.130. The van der Waals surface area contributed by atoms with E-state index < -0.39 is 14.6 Å². The van der Waals surface area contributed by atoms with Gasteiger partial charge in [0.25, 0.3) is 0 Å². The van der Waals surface area contributed by atoms with Crippen LogP contribution in [-0.2, 0) is 9.84 Å². The Morgan fingerprint density at radius 3 is 2.18 bits per heavy atom. The SMILES string of the molecule is CC(C)(C)S(=O)(=O)CCNC1(CO)CCCC1. The molecule has 0 aromatic rings. The van der Waals surface area contributed by atoms with Gasteiger partial charge in [-0.3, -0.25) is 0 Å². The van der Waals surface area contributed by atoms with Crippen LogP contribution in [0.1, 0.15) is 46.5 Å². The van der Waals surface area contributed by atoms with Gasteiger partial charge in [0, 0.05) is 12.1 Å². The number of hydrogen-bond donors (Lipinski definition) is 2. The summed E-state index contributed by atoms with van der Waals surface area (Å²) in [5, 5.41) is 12.6. The first-order chi connectivity index (χ1) is 7.72. The molecule has 1 aliphatic rings. The molecule has 17 heavy (non-hydrogen) atoms. The molecule has 0 radical (unpaired) electrons. The van der Waals surface area contributed by atoms with Crippen molar-refractivity contribution in [2.45, 2.75) is 56.7 Å². The van der Waals surface area contributed by atoms with E-state index in [1.807, 2.05) is 0 Å². The lowest BCUT2D eigenvalue weighted by molar-refractivity contribution is 0.167. The van der Waals surface area contributed by atoms with E-state index in [2.05, 4.69) is 5.32 Å². The van der Waals surface area contributed by atoms with Gasteiger partial charge < -0.3 is 10.4 Å². The van der Waals surface area contributed by atoms with Gasteiger partial charge >= 0.3 is 0 Å². The van der Waals surface area contributed by atoms with Crippen molar-refractivity contribution in [1.29, 1.82) is 0 Å². The van der Waals surface area contributed by atoms with Crippen molar-refractivity contribution < 1.29 is 13.5 Å². The van der Waals surface area contributed by atoms with Gasteiger partial charge in [0.05, 0.1) is 17.1 Å². The number of aliphatic hydroxyl groups excluding tert-OH is 1. The number of rotatable bonds is 5. The van der Waals surface area contributed by atoms with Crippen LogP contribution in [-0.4, -0.2) is 42.7 Å². The second-order valence-corrected chi connectivity index (χ2v) is 8.87. The summed E-state index contributed by atoms with van der Waals surface area (Å²) in [6.45, 7) is 5.70. The maximum absolute atomic E-state index is 11.9. The van der Waals surface area contributed by atoms with Gasteiger partial charge in [0.15, 0.2) is 9.84 Å². The molecule has 1 rings (SSSR count). The molecule has 4 nitrogen and oxygen atoms in total. The Kier molecular flexibility index (Phi) is 4.60. The minimum absolute atomic E-state index is 0.0998.